The molecule has 1 aliphatic rings. The number of nitrogens with one attached hydrogen (secondary N) is 1. The van der Waals surface area contributed by atoms with Crippen molar-refractivity contribution in [3.8, 4) is 0 Å². The monoisotopic (exact) mass is 243 g/mol. The van der Waals surface area contributed by atoms with Crippen LogP contribution in [0.25, 0.3) is 0 Å². The standard InChI is InChI=1S/C12H15F2NO2/c1-7(16)11-5-17-6-12(15-11)8-2-3-9(13)10(14)4-8/h2-4,7,11-12,15-16H,5-6H2,1H3. The summed E-state index contributed by atoms with van der Waals surface area (Å²) >= 11 is 0. The highest BCUT2D eigenvalue weighted by atomic mass is 19.2. The molecular formula is C12H15F2NO2. The van der Waals surface area contributed by atoms with Crippen LogP contribution in [0, 0.1) is 11.6 Å². The molecule has 0 aromatic heterocycles. The minimum absolute atomic E-state index is 0.193. The Bertz CT molecular complexity index is 398. The summed E-state index contributed by atoms with van der Waals surface area (Å²) in [6, 6.07) is 3.35. The predicted molar refractivity (Wildman–Crippen MR) is 58.5 cm³/mol. The summed E-state index contributed by atoms with van der Waals surface area (Å²) in [6.45, 7) is 2.46. The average Bonchev–Trinajstić information content (AvgIpc) is 2.33. The number of aliphatic hydroxyl groups is 1. The van der Waals surface area contributed by atoms with E-state index in [0.29, 0.717) is 18.8 Å². The topological polar surface area (TPSA) is 41.5 Å². The number of rotatable bonds is 2. The highest BCUT2D eigenvalue weighted by Crippen LogP contribution is 2.20. The summed E-state index contributed by atoms with van der Waals surface area (Å²) in [5, 5.41) is 12.6. The fraction of sp³-hybridized carbons (Fsp3) is 0.500. The molecule has 3 unspecified atom stereocenters. The lowest BCUT2D eigenvalue weighted by atomic mass is 10.0. The predicted octanol–water partition coefficient (Wildman–Crippen LogP) is 1.38. The largest absolute Gasteiger partial charge is 0.392 e. The summed E-state index contributed by atoms with van der Waals surface area (Å²) in [5.41, 5.74) is 0.620. The van der Waals surface area contributed by atoms with Crippen LogP contribution in [0.1, 0.15) is 18.5 Å². The molecule has 3 nitrogen and oxygen atoms in total. The van der Waals surface area contributed by atoms with Crippen molar-refractivity contribution in [3.05, 3.63) is 35.4 Å². The Morgan fingerprint density at radius 2 is 2.12 bits per heavy atom. The maximum Gasteiger partial charge on any atom is 0.159 e. The number of ether oxygens (including phenoxy) is 1. The van der Waals surface area contributed by atoms with Gasteiger partial charge in [-0.25, -0.2) is 8.78 Å². The zero-order valence-corrected chi connectivity index (χ0v) is 9.49. The third-order valence-electron chi connectivity index (χ3n) is 2.93. The van der Waals surface area contributed by atoms with Gasteiger partial charge in [-0.05, 0) is 24.6 Å². The minimum atomic E-state index is -0.872. The second kappa shape index (κ2) is 5.08. The molecule has 2 rings (SSSR count). The van der Waals surface area contributed by atoms with Gasteiger partial charge in [-0.2, -0.15) is 0 Å². The lowest BCUT2D eigenvalue weighted by molar-refractivity contribution is 0.00112. The first-order chi connectivity index (χ1) is 8.08. The van der Waals surface area contributed by atoms with Crippen LogP contribution in [0.4, 0.5) is 8.78 Å². The third-order valence-corrected chi connectivity index (χ3v) is 2.93. The quantitative estimate of drug-likeness (QED) is 0.824. The van der Waals surface area contributed by atoms with Crippen molar-refractivity contribution in [2.24, 2.45) is 0 Å². The molecule has 0 bridgehead atoms. The highest BCUT2D eigenvalue weighted by Gasteiger charge is 2.26. The van der Waals surface area contributed by atoms with Gasteiger partial charge in [0.15, 0.2) is 11.6 Å². The number of benzene rings is 1. The molecule has 17 heavy (non-hydrogen) atoms. The van der Waals surface area contributed by atoms with E-state index in [-0.39, 0.29) is 12.1 Å². The molecule has 0 saturated carbocycles. The van der Waals surface area contributed by atoms with Gasteiger partial charge >= 0.3 is 0 Å². The summed E-state index contributed by atoms with van der Waals surface area (Å²) in [7, 11) is 0. The van der Waals surface area contributed by atoms with Crippen molar-refractivity contribution in [1.29, 1.82) is 0 Å². The van der Waals surface area contributed by atoms with Crippen molar-refractivity contribution in [2.45, 2.75) is 25.1 Å². The van der Waals surface area contributed by atoms with Gasteiger partial charge in [0.2, 0.25) is 0 Å². The third kappa shape index (κ3) is 2.80. The maximum absolute atomic E-state index is 13.1. The molecule has 5 heteroatoms. The number of aliphatic hydroxyl groups excluding tert-OH is 1. The summed E-state index contributed by atoms with van der Waals surface area (Å²) < 4.78 is 31.2. The zero-order chi connectivity index (χ0) is 12.4. The van der Waals surface area contributed by atoms with E-state index in [1.165, 1.54) is 6.07 Å². The summed E-state index contributed by atoms with van der Waals surface area (Å²) in [6.07, 6.45) is -0.553. The molecule has 0 amide bonds. The lowest BCUT2D eigenvalue weighted by Gasteiger charge is -2.33. The van der Waals surface area contributed by atoms with Crippen LogP contribution in [0.3, 0.4) is 0 Å². The van der Waals surface area contributed by atoms with E-state index in [4.69, 9.17) is 4.74 Å². The fourth-order valence-corrected chi connectivity index (χ4v) is 1.87. The van der Waals surface area contributed by atoms with Crippen molar-refractivity contribution in [2.75, 3.05) is 13.2 Å². The van der Waals surface area contributed by atoms with Gasteiger partial charge in [0, 0.05) is 0 Å². The van der Waals surface area contributed by atoms with Gasteiger partial charge in [0.1, 0.15) is 0 Å². The van der Waals surface area contributed by atoms with Crippen LogP contribution >= 0.6 is 0 Å². The van der Waals surface area contributed by atoms with Crippen LogP contribution in [-0.4, -0.2) is 30.5 Å². The van der Waals surface area contributed by atoms with Crippen LogP contribution in [0.5, 0.6) is 0 Å². The first-order valence-corrected chi connectivity index (χ1v) is 5.54. The van der Waals surface area contributed by atoms with Crippen molar-refractivity contribution < 1.29 is 18.6 Å². The lowest BCUT2D eigenvalue weighted by Crippen LogP contribution is -2.49. The van der Waals surface area contributed by atoms with E-state index in [0.717, 1.165) is 12.1 Å². The molecule has 94 valence electrons. The van der Waals surface area contributed by atoms with Crippen molar-refractivity contribution in [1.82, 2.24) is 5.32 Å². The second-order valence-corrected chi connectivity index (χ2v) is 4.28. The van der Waals surface area contributed by atoms with Gasteiger partial charge in [0.25, 0.3) is 0 Å². The van der Waals surface area contributed by atoms with Crippen molar-refractivity contribution >= 4 is 0 Å². The van der Waals surface area contributed by atoms with Crippen LogP contribution < -0.4 is 5.32 Å². The number of hydrogen-bond acceptors (Lipinski definition) is 3. The Kier molecular flexibility index (Phi) is 3.71. The Balaban J connectivity index is 2.13. The molecule has 1 saturated heterocycles. The van der Waals surface area contributed by atoms with E-state index in [1.807, 2.05) is 0 Å². The average molecular weight is 243 g/mol. The Labute approximate surface area is 98.4 Å². The molecule has 2 N–H and O–H groups in total. The van der Waals surface area contributed by atoms with Crippen LogP contribution in [0.2, 0.25) is 0 Å². The summed E-state index contributed by atoms with van der Waals surface area (Å²) in [4.78, 5) is 0. The maximum atomic E-state index is 13.1. The van der Waals surface area contributed by atoms with Gasteiger partial charge in [0.05, 0.1) is 31.4 Å². The molecule has 3 atom stereocenters. The minimum Gasteiger partial charge on any atom is -0.392 e. The normalized spacial score (nSPS) is 26.8. The first-order valence-electron chi connectivity index (χ1n) is 5.54. The smallest absolute Gasteiger partial charge is 0.159 e. The van der Waals surface area contributed by atoms with Crippen molar-refractivity contribution in [3.63, 3.8) is 0 Å². The highest BCUT2D eigenvalue weighted by molar-refractivity contribution is 5.22. The van der Waals surface area contributed by atoms with E-state index < -0.39 is 17.7 Å². The molecule has 1 heterocycles. The molecule has 1 aromatic carbocycles. The van der Waals surface area contributed by atoms with Crippen LogP contribution in [0.15, 0.2) is 18.2 Å². The molecule has 0 aliphatic carbocycles. The van der Waals surface area contributed by atoms with E-state index in [9.17, 15) is 13.9 Å². The second-order valence-electron chi connectivity index (χ2n) is 4.28. The van der Waals surface area contributed by atoms with Crippen LogP contribution in [-0.2, 0) is 4.74 Å². The van der Waals surface area contributed by atoms with E-state index in [2.05, 4.69) is 5.32 Å². The number of halogens is 2. The van der Waals surface area contributed by atoms with Gasteiger partial charge in [-0.1, -0.05) is 6.07 Å². The molecule has 1 aliphatic heterocycles. The van der Waals surface area contributed by atoms with Gasteiger partial charge in [-0.15, -0.1) is 0 Å². The van der Waals surface area contributed by atoms with E-state index in [1.54, 1.807) is 6.92 Å². The molecule has 0 spiro atoms. The zero-order valence-electron chi connectivity index (χ0n) is 9.49. The molecule has 1 aromatic rings. The SMILES string of the molecule is CC(O)C1COCC(c2ccc(F)c(F)c2)N1. The molecule has 1 fully saturated rings. The fourth-order valence-electron chi connectivity index (χ4n) is 1.87. The first kappa shape index (κ1) is 12.4. The van der Waals surface area contributed by atoms with E-state index >= 15 is 0 Å². The number of hydrogen-bond donors (Lipinski definition) is 2. The molecule has 0 radical (unpaired) electrons. The summed E-state index contributed by atoms with van der Waals surface area (Å²) in [5.74, 6) is -1.74. The Morgan fingerprint density at radius 3 is 2.76 bits per heavy atom. The molecular weight excluding hydrogens is 228 g/mol. The number of morpholine rings is 1. The Hall–Kier alpha value is -1.04. The van der Waals surface area contributed by atoms with Gasteiger partial charge in [-0.3, -0.25) is 0 Å². The Morgan fingerprint density at radius 1 is 1.35 bits per heavy atom. The van der Waals surface area contributed by atoms with Gasteiger partial charge < -0.3 is 15.2 Å².